The summed E-state index contributed by atoms with van der Waals surface area (Å²) in [4.78, 5) is 26.6. The Balaban J connectivity index is 1.49. The minimum absolute atomic E-state index is 0.176. The third-order valence-corrected chi connectivity index (χ3v) is 9.26. The zero-order valence-electron chi connectivity index (χ0n) is 21.0. The van der Waals surface area contributed by atoms with Crippen molar-refractivity contribution in [3.63, 3.8) is 0 Å². The summed E-state index contributed by atoms with van der Waals surface area (Å²) in [7, 11) is 0.645. The van der Waals surface area contributed by atoms with E-state index in [9.17, 15) is 13.8 Å². The number of hydrogen-bond donors (Lipinski definition) is 2. The van der Waals surface area contributed by atoms with E-state index in [2.05, 4.69) is 10.6 Å². The molecule has 2 amide bonds. The molecule has 0 spiro atoms. The first kappa shape index (κ1) is 26.2. The standard InChI is InChI=1S/C27H32N2O5S2/c1-27(2,3)23-15-21(24(35-23)25(30)33-4)29-26(31)28-20-9-10-22(19-8-6-5-7-18(19)20)34-13-11-17-12-14-36(32)16-17/h5-10,15,17H,11-14,16H2,1-4H3,(H2,28,29,31). The summed E-state index contributed by atoms with van der Waals surface area (Å²) in [6, 6.07) is 12.8. The molecular formula is C27H32N2O5S2. The second-order valence-corrected chi connectivity index (χ2v) is 12.6. The van der Waals surface area contributed by atoms with Gasteiger partial charge in [0, 0.05) is 38.0 Å². The van der Waals surface area contributed by atoms with Gasteiger partial charge in [0.25, 0.3) is 0 Å². The maximum Gasteiger partial charge on any atom is 0.350 e. The van der Waals surface area contributed by atoms with Crippen LogP contribution >= 0.6 is 11.3 Å². The van der Waals surface area contributed by atoms with Crippen LogP contribution in [0.2, 0.25) is 0 Å². The zero-order chi connectivity index (χ0) is 25.9. The third-order valence-electron chi connectivity index (χ3n) is 6.18. The molecule has 192 valence electrons. The molecule has 4 rings (SSSR count). The molecule has 0 aliphatic carbocycles. The predicted molar refractivity (Wildman–Crippen MR) is 147 cm³/mol. The van der Waals surface area contributed by atoms with Crippen molar-refractivity contribution in [2.24, 2.45) is 5.92 Å². The molecular weight excluding hydrogens is 496 g/mol. The number of methoxy groups -OCH3 is 1. The van der Waals surface area contributed by atoms with Gasteiger partial charge >= 0.3 is 12.0 Å². The highest BCUT2D eigenvalue weighted by Crippen LogP contribution is 2.36. The van der Waals surface area contributed by atoms with E-state index in [0.717, 1.165) is 45.7 Å². The van der Waals surface area contributed by atoms with E-state index < -0.39 is 22.8 Å². The fourth-order valence-corrected chi connectivity index (χ4v) is 6.88. The minimum atomic E-state index is -0.682. The Kier molecular flexibility index (Phi) is 8.00. The summed E-state index contributed by atoms with van der Waals surface area (Å²) in [5.41, 5.74) is 0.879. The predicted octanol–water partition coefficient (Wildman–Crippen LogP) is 6.17. The number of carbonyl (C=O) groups excluding carboxylic acids is 2. The Bertz CT molecular complexity index is 1300. The number of esters is 1. The maximum atomic E-state index is 13.0. The van der Waals surface area contributed by atoms with Gasteiger partial charge in [-0.1, -0.05) is 45.0 Å². The number of fused-ring (bicyclic) bond motifs is 1. The lowest BCUT2D eigenvalue weighted by Gasteiger charge is -2.15. The van der Waals surface area contributed by atoms with Gasteiger partial charge in [0.1, 0.15) is 10.6 Å². The lowest BCUT2D eigenvalue weighted by Crippen LogP contribution is -2.20. The fraction of sp³-hybridized carbons (Fsp3) is 0.407. The Morgan fingerprint density at radius 2 is 1.81 bits per heavy atom. The molecule has 2 N–H and O–H groups in total. The van der Waals surface area contributed by atoms with E-state index in [4.69, 9.17) is 9.47 Å². The average Bonchev–Trinajstić information content (AvgIpc) is 3.46. The van der Waals surface area contributed by atoms with Gasteiger partial charge in [-0.15, -0.1) is 11.3 Å². The number of hydrogen-bond acceptors (Lipinski definition) is 6. The number of ether oxygens (including phenoxy) is 2. The van der Waals surface area contributed by atoms with Crippen LogP contribution in [0.15, 0.2) is 42.5 Å². The monoisotopic (exact) mass is 528 g/mol. The number of rotatable bonds is 7. The van der Waals surface area contributed by atoms with Crippen molar-refractivity contribution in [1.82, 2.24) is 0 Å². The van der Waals surface area contributed by atoms with E-state index in [1.165, 1.54) is 18.4 Å². The molecule has 2 aromatic carbocycles. The van der Waals surface area contributed by atoms with Crippen molar-refractivity contribution >= 4 is 56.3 Å². The van der Waals surface area contributed by atoms with Gasteiger partial charge < -0.3 is 20.1 Å². The second-order valence-electron chi connectivity index (χ2n) is 9.93. The third kappa shape index (κ3) is 6.07. The summed E-state index contributed by atoms with van der Waals surface area (Å²) in [6.07, 6.45) is 1.87. The Morgan fingerprint density at radius 3 is 2.47 bits per heavy atom. The lowest BCUT2D eigenvalue weighted by molar-refractivity contribution is 0.0607. The summed E-state index contributed by atoms with van der Waals surface area (Å²) >= 11 is 1.32. The SMILES string of the molecule is COC(=O)c1sc(C(C)(C)C)cc1NC(=O)Nc1ccc(OCCC2CCS(=O)C2)c2ccccc12. The molecule has 2 heterocycles. The van der Waals surface area contributed by atoms with Crippen LogP contribution in [0.25, 0.3) is 10.8 Å². The average molecular weight is 529 g/mol. The lowest BCUT2D eigenvalue weighted by atomic mass is 9.94. The number of nitrogens with one attached hydrogen (secondary N) is 2. The smallest absolute Gasteiger partial charge is 0.350 e. The highest BCUT2D eigenvalue weighted by atomic mass is 32.2. The van der Waals surface area contributed by atoms with Gasteiger partial charge in [0.05, 0.1) is 25.1 Å². The van der Waals surface area contributed by atoms with Crippen molar-refractivity contribution in [3.8, 4) is 5.75 Å². The van der Waals surface area contributed by atoms with E-state index in [1.54, 1.807) is 0 Å². The molecule has 1 aromatic heterocycles. The molecule has 1 saturated heterocycles. The fourth-order valence-electron chi connectivity index (χ4n) is 4.17. The van der Waals surface area contributed by atoms with E-state index in [-0.39, 0.29) is 5.41 Å². The van der Waals surface area contributed by atoms with Crippen LogP contribution in [0.3, 0.4) is 0 Å². The van der Waals surface area contributed by atoms with Gasteiger partial charge in [0.15, 0.2) is 0 Å². The van der Waals surface area contributed by atoms with Crippen LogP contribution < -0.4 is 15.4 Å². The molecule has 2 atom stereocenters. The Hall–Kier alpha value is -2.91. The van der Waals surface area contributed by atoms with Crippen LogP contribution in [-0.2, 0) is 21.0 Å². The Labute approximate surface area is 218 Å². The van der Waals surface area contributed by atoms with Gasteiger partial charge in [0.2, 0.25) is 0 Å². The largest absolute Gasteiger partial charge is 0.493 e. The normalized spacial score (nSPS) is 17.7. The summed E-state index contributed by atoms with van der Waals surface area (Å²) in [5, 5.41) is 7.47. The number of benzene rings is 2. The first-order chi connectivity index (χ1) is 17.2. The van der Waals surface area contributed by atoms with E-state index >= 15 is 0 Å². The van der Waals surface area contributed by atoms with Crippen LogP contribution in [0.1, 0.15) is 48.2 Å². The van der Waals surface area contributed by atoms with Crippen LogP contribution in [-0.4, -0.2) is 41.4 Å². The molecule has 1 aliphatic rings. The molecule has 7 nitrogen and oxygen atoms in total. The van der Waals surface area contributed by atoms with Gasteiger partial charge in [-0.2, -0.15) is 0 Å². The number of amides is 2. The molecule has 1 aliphatic heterocycles. The Morgan fingerprint density at radius 1 is 1.08 bits per heavy atom. The first-order valence-electron chi connectivity index (χ1n) is 12.0. The number of anilines is 2. The van der Waals surface area contributed by atoms with Gasteiger partial charge in [-0.3, -0.25) is 4.21 Å². The quantitative estimate of drug-likeness (QED) is 0.358. The van der Waals surface area contributed by atoms with Crippen molar-refractivity contribution < 1.29 is 23.3 Å². The number of carbonyl (C=O) groups is 2. The molecule has 1 fully saturated rings. The van der Waals surface area contributed by atoms with Crippen LogP contribution in [0, 0.1) is 5.92 Å². The second kappa shape index (κ2) is 11.0. The van der Waals surface area contributed by atoms with E-state index in [1.807, 2.05) is 63.2 Å². The summed E-state index contributed by atoms with van der Waals surface area (Å²) < 4.78 is 22.6. The molecule has 0 saturated carbocycles. The number of thiophene rings is 1. The zero-order valence-corrected chi connectivity index (χ0v) is 22.6. The molecule has 36 heavy (non-hydrogen) atoms. The van der Waals surface area contributed by atoms with Crippen molar-refractivity contribution in [1.29, 1.82) is 0 Å². The molecule has 0 radical (unpaired) electrons. The molecule has 3 aromatic rings. The highest BCUT2D eigenvalue weighted by molar-refractivity contribution is 7.85. The van der Waals surface area contributed by atoms with Gasteiger partial charge in [-0.05, 0) is 42.4 Å². The van der Waals surface area contributed by atoms with Crippen molar-refractivity contribution in [2.45, 2.75) is 39.0 Å². The van der Waals surface area contributed by atoms with Crippen molar-refractivity contribution in [2.75, 3.05) is 35.9 Å². The molecule has 9 heteroatoms. The van der Waals surface area contributed by atoms with Crippen molar-refractivity contribution in [3.05, 3.63) is 52.2 Å². The van der Waals surface area contributed by atoms with Crippen LogP contribution in [0.5, 0.6) is 5.75 Å². The highest BCUT2D eigenvalue weighted by Gasteiger charge is 2.25. The first-order valence-corrected chi connectivity index (χ1v) is 14.3. The number of urea groups is 1. The summed E-state index contributed by atoms with van der Waals surface area (Å²) in [5.74, 6) is 2.27. The molecule has 2 unspecified atom stereocenters. The van der Waals surface area contributed by atoms with E-state index in [0.29, 0.717) is 28.8 Å². The van der Waals surface area contributed by atoms with Crippen LogP contribution in [0.4, 0.5) is 16.2 Å². The van der Waals surface area contributed by atoms with Gasteiger partial charge in [-0.25, -0.2) is 9.59 Å². The molecule has 0 bridgehead atoms. The topological polar surface area (TPSA) is 93.7 Å². The minimum Gasteiger partial charge on any atom is -0.493 e. The maximum absolute atomic E-state index is 13.0. The summed E-state index contributed by atoms with van der Waals surface area (Å²) in [6.45, 7) is 6.71.